The van der Waals surface area contributed by atoms with Crippen LogP contribution in [0.15, 0.2) is 12.3 Å². The molecule has 0 aliphatic heterocycles. The maximum atomic E-state index is 11.8. The lowest BCUT2D eigenvalue weighted by molar-refractivity contribution is 0.0905. The van der Waals surface area contributed by atoms with Crippen LogP contribution < -0.4 is 11.1 Å². The van der Waals surface area contributed by atoms with E-state index >= 15 is 0 Å². The Morgan fingerprint density at radius 3 is 2.88 bits per heavy atom. The molecule has 1 unspecified atom stereocenters. The second-order valence-corrected chi connectivity index (χ2v) is 3.72. The maximum absolute atomic E-state index is 11.8. The van der Waals surface area contributed by atoms with Gasteiger partial charge in [0.25, 0.3) is 5.91 Å². The van der Waals surface area contributed by atoms with Crippen LogP contribution in [0.25, 0.3) is 0 Å². The van der Waals surface area contributed by atoms with E-state index in [0.717, 1.165) is 0 Å². The summed E-state index contributed by atoms with van der Waals surface area (Å²) < 4.78 is 1.78. The lowest BCUT2D eigenvalue weighted by Gasteiger charge is -2.10. The molecule has 0 spiro atoms. The van der Waals surface area contributed by atoms with Gasteiger partial charge < -0.3 is 20.7 Å². The Morgan fingerprint density at radius 2 is 2.31 bits per heavy atom. The van der Waals surface area contributed by atoms with Gasteiger partial charge >= 0.3 is 0 Å². The van der Waals surface area contributed by atoms with Crippen molar-refractivity contribution < 1.29 is 9.90 Å². The summed E-state index contributed by atoms with van der Waals surface area (Å²) in [5.41, 5.74) is 6.73. The quantitative estimate of drug-likeness (QED) is 0.686. The standard InChI is InChI=1S/C11H19N3O2/c1-3-9(15)6-13-11(16)10-5-8(12)7-14(10)4-2/h5,7,9,15H,3-4,6,12H2,1-2H3,(H,13,16). The highest BCUT2D eigenvalue weighted by molar-refractivity contribution is 5.93. The van der Waals surface area contributed by atoms with Crippen LogP contribution >= 0.6 is 0 Å². The Bertz CT molecular complexity index is 360. The fourth-order valence-corrected chi connectivity index (χ4v) is 1.43. The molecule has 1 aromatic heterocycles. The molecule has 5 nitrogen and oxygen atoms in total. The zero-order chi connectivity index (χ0) is 12.1. The first kappa shape index (κ1) is 12.6. The number of anilines is 1. The number of rotatable bonds is 5. The van der Waals surface area contributed by atoms with Crippen LogP contribution in [0.4, 0.5) is 5.69 Å². The minimum Gasteiger partial charge on any atom is -0.397 e. The largest absolute Gasteiger partial charge is 0.397 e. The smallest absolute Gasteiger partial charge is 0.268 e. The summed E-state index contributed by atoms with van der Waals surface area (Å²) in [6.45, 7) is 4.76. The molecular formula is C11H19N3O2. The zero-order valence-corrected chi connectivity index (χ0v) is 9.73. The van der Waals surface area contributed by atoms with Crippen molar-refractivity contribution in [1.82, 2.24) is 9.88 Å². The Kier molecular flexibility index (Phi) is 4.37. The second kappa shape index (κ2) is 5.55. The molecule has 0 radical (unpaired) electrons. The lowest BCUT2D eigenvalue weighted by atomic mass is 10.3. The summed E-state index contributed by atoms with van der Waals surface area (Å²) in [5, 5.41) is 12.0. The fraction of sp³-hybridized carbons (Fsp3) is 0.545. The Balaban J connectivity index is 2.65. The first-order valence-corrected chi connectivity index (χ1v) is 5.50. The molecule has 1 aromatic rings. The minimum atomic E-state index is -0.494. The van der Waals surface area contributed by atoms with Crippen LogP contribution in [0.1, 0.15) is 30.8 Å². The molecule has 5 heteroatoms. The molecule has 1 rings (SSSR count). The number of amides is 1. The SMILES string of the molecule is CCC(O)CNC(=O)c1cc(N)cn1CC. The number of carbonyl (C=O) groups excluding carboxylic acids is 1. The van der Waals surface area contributed by atoms with E-state index in [1.54, 1.807) is 16.8 Å². The fourth-order valence-electron chi connectivity index (χ4n) is 1.43. The molecule has 1 heterocycles. The third kappa shape index (κ3) is 3.00. The summed E-state index contributed by atoms with van der Waals surface area (Å²) in [7, 11) is 0. The molecule has 0 aliphatic rings. The highest BCUT2D eigenvalue weighted by atomic mass is 16.3. The van der Waals surface area contributed by atoms with Crippen molar-refractivity contribution in [3.8, 4) is 0 Å². The number of aliphatic hydroxyl groups excluding tert-OH is 1. The number of nitrogens with zero attached hydrogens (tertiary/aromatic N) is 1. The number of aliphatic hydroxyl groups is 1. The second-order valence-electron chi connectivity index (χ2n) is 3.72. The van der Waals surface area contributed by atoms with Crippen molar-refractivity contribution >= 4 is 11.6 Å². The van der Waals surface area contributed by atoms with Gasteiger partial charge in [-0.1, -0.05) is 6.92 Å². The van der Waals surface area contributed by atoms with E-state index in [-0.39, 0.29) is 12.5 Å². The maximum Gasteiger partial charge on any atom is 0.268 e. The van der Waals surface area contributed by atoms with E-state index in [1.165, 1.54) is 0 Å². The molecule has 90 valence electrons. The zero-order valence-electron chi connectivity index (χ0n) is 9.73. The summed E-state index contributed by atoms with van der Waals surface area (Å²) in [6.07, 6.45) is 1.86. The Hall–Kier alpha value is -1.49. The third-order valence-electron chi connectivity index (χ3n) is 2.46. The monoisotopic (exact) mass is 225 g/mol. The van der Waals surface area contributed by atoms with Crippen molar-refractivity contribution in [3.63, 3.8) is 0 Å². The predicted octanol–water partition coefficient (Wildman–Crippen LogP) is 0.591. The molecule has 4 N–H and O–H groups in total. The molecule has 1 amide bonds. The molecule has 0 saturated carbocycles. The highest BCUT2D eigenvalue weighted by Gasteiger charge is 2.12. The predicted molar refractivity (Wildman–Crippen MR) is 63.1 cm³/mol. The van der Waals surface area contributed by atoms with Crippen molar-refractivity contribution in [2.24, 2.45) is 0 Å². The van der Waals surface area contributed by atoms with Gasteiger partial charge in [-0.05, 0) is 19.4 Å². The molecule has 0 bridgehead atoms. The molecular weight excluding hydrogens is 206 g/mol. The average molecular weight is 225 g/mol. The van der Waals surface area contributed by atoms with Crippen LogP contribution in [0, 0.1) is 0 Å². The molecule has 16 heavy (non-hydrogen) atoms. The highest BCUT2D eigenvalue weighted by Crippen LogP contribution is 2.10. The third-order valence-corrected chi connectivity index (χ3v) is 2.46. The van der Waals surface area contributed by atoms with Crippen LogP contribution in [0.2, 0.25) is 0 Å². The normalized spacial score (nSPS) is 12.4. The van der Waals surface area contributed by atoms with E-state index in [2.05, 4.69) is 5.32 Å². The number of carbonyl (C=O) groups is 1. The van der Waals surface area contributed by atoms with Crippen LogP contribution in [-0.4, -0.2) is 28.2 Å². The molecule has 0 saturated heterocycles. The van der Waals surface area contributed by atoms with E-state index in [0.29, 0.717) is 24.3 Å². The Morgan fingerprint density at radius 1 is 1.62 bits per heavy atom. The molecule has 0 aliphatic carbocycles. The number of hydrogen-bond acceptors (Lipinski definition) is 3. The van der Waals surface area contributed by atoms with Crippen molar-refractivity contribution in [1.29, 1.82) is 0 Å². The number of nitrogens with two attached hydrogens (primary N) is 1. The van der Waals surface area contributed by atoms with Crippen LogP contribution in [0.5, 0.6) is 0 Å². The van der Waals surface area contributed by atoms with Gasteiger partial charge in [-0.25, -0.2) is 0 Å². The number of aromatic nitrogens is 1. The van der Waals surface area contributed by atoms with Gasteiger partial charge in [-0.15, -0.1) is 0 Å². The van der Waals surface area contributed by atoms with Crippen molar-refractivity contribution in [3.05, 3.63) is 18.0 Å². The van der Waals surface area contributed by atoms with E-state index in [4.69, 9.17) is 5.73 Å². The van der Waals surface area contributed by atoms with Gasteiger partial charge in [0.2, 0.25) is 0 Å². The summed E-state index contributed by atoms with van der Waals surface area (Å²) in [5.74, 6) is -0.203. The average Bonchev–Trinajstić information content (AvgIpc) is 2.66. The number of aryl methyl sites for hydroxylation is 1. The number of hydrogen-bond donors (Lipinski definition) is 3. The summed E-state index contributed by atoms with van der Waals surface area (Å²) in [6, 6.07) is 1.64. The lowest BCUT2D eigenvalue weighted by Crippen LogP contribution is -2.32. The van der Waals surface area contributed by atoms with Gasteiger partial charge in [0.1, 0.15) is 5.69 Å². The van der Waals surface area contributed by atoms with Gasteiger partial charge in [-0.2, -0.15) is 0 Å². The van der Waals surface area contributed by atoms with Gasteiger partial charge in [0.15, 0.2) is 0 Å². The number of nitrogen functional groups attached to an aromatic ring is 1. The molecule has 0 aromatic carbocycles. The van der Waals surface area contributed by atoms with E-state index in [9.17, 15) is 9.90 Å². The van der Waals surface area contributed by atoms with E-state index < -0.39 is 6.10 Å². The van der Waals surface area contributed by atoms with Crippen LogP contribution in [0.3, 0.4) is 0 Å². The van der Waals surface area contributed by atoms with Crippen LogP contribution in [-0.2, 0) is 6.54 Å². The van der Waals surface area contributed by atoms with E-state index in [1.807, 2.05) is 13.8 Å². The summed E-state index contributed by atoms with van der Waals surface area (Å²) in [4.78, 5) is 11.8. The Labute approximate surface area is 95.3 Å². The molecule has 1 atom stereocenters. The van der Waals surface area contributed by atoms with Gasteiger partial charge in [-0.3, -0.25) is 4.79 Å². The number of nitrogens with one attached hydrogen (secondary N) is 1. The topological polar surface area (TPSA) is 80.3 Å². The first-order chi connectivity index (χ1) is 7.58. The minimum absolute atomic E-state index is 0.203. The van der Waals surface area contributed by atoms with Gasteiger partial charge in [0, 0.05) is 19.3 Å². The molecule has 0 fully saturated rings. The van der Waals surface area contributed by atoms with Gasteiger partial charge in [0.05, 0.1) is 11.8 Å². The van der Waals surface area contributed by atoms with Crippen molar-refractivity contribution in [2.75, 3.05) is 12.3 Å². The first-order valence-electron chi connectivity index (χ1n) is 5.50. The summed E-state index contributed by atoms with van der Waals surface area (Å²) >= 11 is 0. The van der Waals surface area contributed by atoms with Crippen molar-refractivity contribution in [2.45, 2.75) is 32.9 Å².